The highest BCUT2D eigenvalue weighted by Gasteiger charge is 2.30. The third-order valence-electron chi connectivity index (χ3n) is 4.14. The Hall–Kier alpha value is -0.980. The Kier molecular flexibility index (Phi) is 5.58. The summed E-state index contributed by atoms with van der Waals surface area (Å²) in [5, 5.41) is 3.38. The van der Waals surface area contributed by atoms with Crippen LogP contribution in [0.1, 0.15) is 24.2 Å². The molecule has 1 N–H and O–H groups in total. The number of amides is 1. The van der Waals surface area contributed by atoms with E-state index < -0.39 is 0 Å². The second-order valence-corrected chi connectivity index (χ2v) is 6.32. The van der Waals surface area contributed by atoms with Crippen LogP contribution in [0, 0.1) is 0 Å². The van der Waals surface area contributed by atoms with Crippen molar-refractivity contribution in [1.29, 1.82) is 0 Å². The normalized spacial score (nSPS) is 23.7. The highest BCUT2D eigenvalue weighted by molar-refractivity contribution is 9.10. The lowest BCUT2D eigenvalue weighted by Gasteiger charge is -2.38. The summed E-state index contributed by atoms with van der Waals surface area (Å²) in [7, 11) is 0. The molecule has 1 saturated heterocycles. The van der Waals surface area contributed by atoms with Crippen molar-refractivity contribution in [3.8, 4) is 11.5 Å². The van der Waals surface area contributed by atoms with Crippen LogP contribution in [0.15, 0.2) is 16.6 Å². The predicted octanol–water partition coefficient (Wildman–Crippen LogP) is 2.46. The van der Waals surface area contributed by atoms with Crippen molar-refractivity contribution in [2.45, 2.75) is 25.9 Å². The van der Waals surface area contributed by atoms with Crippen LogP contribution >= 0.6 is 28.3 Å². The van der Waals surface area contributed by atoms with Crippen LogP contribution in [-0.2, 0) is 0 Å². The number of ether oxygens (including phenoxy) is 2. The van der Waals surface area contributed by atoms with Gasteiger partial charge in [0.25, 0.3) is 5.91 Å². The van der Waals surface area contributed by atoms with E-state index in [-0.39, 0.29) is 24.4 Å². The van der Waals surface area contributed by atoms with Crippen LogP contribution in [0.2, 0.25) is 0 Å². The van der Waals surface area contributed by atoms with Crippen molar-refractivity contribution in [1.82, 2.24) is 10.2 Å². The van der Waals surface area contributed by atoms with Crippen LogP contribution in [-0.4, -0.2) is 49.2 Å². The predicted molar refractivity (Wildman–Crippen MR) is 90.3 cm³/mol. The van der Waals surface area contributed by atoms with E-state index >= 15 is 0 Å². The summed E-state index contributed by atoms with van der Waals surface area (Å²) in [6.07, 6.45) is 0. The molecule has 1 aromatic rings. The van der Waals surface area contributed by atoms with Gasteiger partial charge in [0.1, 0.15) is 13.2 Å². The molecular weight excluding hydrogens is 372 g/mol. The van der Waals surface area contributed by atoms with Crippen LogP contribution in [0.25, 0.3) is 0 Å². The standard InChI is InChI=1S/C15H19BrN2O3.ClH/c1-9-10(2)18(4-3-17-9)15(19)11-7-12(16)14-13(8-11)20-5-6-21-14;/h7-10,17H,3-6H2,1-2H3;1H. The molecule has 7 heteroatoms. The average molecular weight is 392 g/mol. The maximum absolute atomic E-state index is 12.8. The van der Waals surface area contributed by atoms with E-state index in [1.54, 1.807) is 6.07 Å². The first-order valence-corrected chi connectivity index (χ1v) is 8.00. The van der Waals surface area contributed by atoms with Gasteiger partial charge in [0.15, 0.2) is 11.5 Å². The van der Waals surface area contributed by atoms with Crippen LogP contribution in [0.4, 0.5) is 0 Å². The van der Waals surface area contributed by atoms with E-state index in [4.69, 9.17) is 9.47 Å². The van der Waals surface area contributed by atoms with E-state index in [0.717, 1.165) is 17.6 Å². The topological polar surface area (TPSA) is 50.8 Å². The Labute approximate surface area is 144 Å². The Morgan fingerprint density at radius 3 is 2.82 bits per heavy atom. The second-order valence-electron chi connectivity index (χ2n) is 5.46. The lowest BCUT2D eigenvalue weighted by atomic mass is 10.0. The fourth-order valence-corrected chi connectivity index (χ4v) is 3.30. The minimum absolute atomic E-state index is 0. The van der Waals surface area contributed by atoms with Gasteiger partial charge in [-0.25, -0.2) is 0 Å². The molecule has 0 saturated carbocycles. The monoisotopic (exact) mass is 390 g/mol. The molecule has 2 aliphatic rings. The van der Waals surface area contributed by atoms with Crippen LogP contribution in [0.3, 0.4) is 0 Å². The molecule has 1 amide bonds. The maximum atomic E-state index is 12.8. The van der Waals surface area contributed by atoms with Gasteiger partial charge >= 0.3 is 0 Å². The van der Waals surface area contributed by atoms with Gasteiger partial charge in [-0.05, 0) is 41.9 Å². The number of hydrogen-bond acceptors (Lipinski definition) is 4. The van der Waals surface area contributed by atoms with Gasteiger partial charge in [-0.2, -0.15) is 0 Å². The summed E-state index contributed by atoms with van der Waals surface area (Å²) in [5.41, 5.74) is 0.632. The zero-order chi connectivity index (χ0) is 15.0. The van der Waals surface area contributed by atoms with Crippen LogP contribution in [0.5, 0.6) is 11.5 Å². The molecular formula is C15H20BrClN2O3. The van der Waals surface area contributed by atoms with Crippen molar-refractivity contribution in [3.05, 3.63) is 22.2 Å². The Balaban J connectivity index is 0.00000176. The van der Waals surface area contributed by atoms with Crippen molar-refractivity contribution >= 4 is 34.2 Å². The first-order valence-electron chi connectivity index (χ1n) is 7.21. The quantitative estimate of drug-likeness (QED) is 0.799. The van der Waals surface area contributed by atoms with Gasteiger partial charge in [0.05, 0.1) is 4.47 Å². The fourth-order valence-electron chi connectivity index (χ4n) is 2.74. The summed E-state index contributed by atoms with van der Waals surface area (Å²) in [6.45, 7) is 6.76. The van der Waals surface area contributed by atoms with Gasteiger partial charge < -0.3 is 19.7 Å². The number of nitrogens with one attached hydrogen (secondary N) is 1. The summed E-state index contributed by atoms with van der Waals surface area (Å²) < 4.78 is 11.9. The number of carbonyl (C=O) groups excluding carboxylic acids is 1. The molecule has 0 radical (unpaired) electrons. The number of carbonyl (C=O) groups is 1. The van der Waals surface area contributed by atoms with E-state index in [9.17, 15) is 4.79 Å². The summed E-state index contributed by atoms with van der Waals surface area (Å²) in [5.74, 6) is 1.35. The Morgan fingerprint density at radius 2 is 2.05 bits per heavy atom. The minimum atomic E-state index is 0. The van der Waals surface area contributed by atoms with E-state index in [1.807, 2.05) is 11.0 Å². The van der Waals surface area contributed by atoms with Crippen LogP contribution < -0.4 is 14.8 Å². The summed E-state index contributed by atoms with van der Waals surface area (Å²) in [6, 6.07) is 4.05. The number of piperazine rings is 1. The average Bonchev–Trinajstić information content (AvgIpc) is 2.49. The van der Waals surface area contributed by atoms with Crippen molar-refractivity contribution < 1.29 is 14.3 Å². The Morgan fingerprint density at radius 1 is 1.32 bits per heavy atom. The molecule has 0 aromatic heterocycles. The first kappa shape index (κ1) is 17.4. The molecule has 5 nitrogen and oxygen atoms in total. The van der Waals surface area contributed by atoms with Gasteiger partial charge in [0, 0.05) is 30.7 Å². The highest BCUT2D eigenvalue weighted by Crippen LogP contribution is 2.38. The zero-order valence-corrected chi connectivity index (χ0v) is 15.0. The third-order valence-corrected chi connectivity index (χ3v) is 4.73. The smallest absolute Gasteiger partial charge is 0.254 e. The lowest BCUT2D eigenvalue weighted by Crippen LogP contribution is -2.57. The number of nitrogens with zero attached hydrogens (tertiary/aromatic N) is 1. The van der Waals surface area contributed by atoms with E-state index in [0.29, 0.717) is 36.3 Å². The molecule has 0 aliphatic carbocycles. The highest BCUT2D eigenvalue weighted by atomic mass is 79.9. The SMILES string of the molecule is CC1NCCN(C(=O)c2cc(Br)c3c(c2)OCCO3)C1C.Cl. The Bertz CT molecular complexity index is 570. The molecule has 1 aromatic carbocycles. The molecule has 1 fully saturated rings. The maximum Gasteiger partial charge on any atom is 0.254 e. The second kappa shape index (κ2) is 7.06. The summed E-state index contributed by atoms with van der Waals surface area (Å²) >= 11 is 3.46. The van der Waals surface area contributed by atoms with Gasteiger partial charge in [-0.1, -0.05) is 0 Å². The van der Waals surface area contributed by atoms with Crippen molar-refractivity contribution in [2.75, 3.05) is 26.3 Å². The molecule has 22 heavy (non-hydrogen) atoms. The molecule has 2 unspecified atom stereocenters. The fraction of sp³-hybridized carbons (Fsp3) is 0.533. The molecule has 2 atom stereocenters. The van der Waals surface area contributed by atoms with Crippen molar-refractivity contribution in [2.24, 2.45) is 0 Å². The summed E-state index contributed by atoms with van der Waals surface area (Å²) in [4.78, 5) is 14.7. The minimum Gasteiger partial charge on any atom is -0.486 e. The largest absolute Gasteiger partial charge is 0.486 e. The van der Waals surface area contributed by atoms with Crippen molar-refractivity contribution in [3.63, 3.8) is 0 Å². The number of hydrogen-bond donors (Lipinski definition) is 1. The van der Waals surface area contributed by atoms with Gasteiger partial charge in [0.2, 0.25) is 0 Å². The third kappa shape index (κ3) is 3.19. The zero-order valence-electron chi connectivity index (χ0n) is 12.6. The number of benzene rings is 1. The molecule has 0 bridgehead atoms. The number of halogens is 2. The van der Waals surface area contributed by atoms with E-state index in [1.165, 1.54) is 0 Å². The molecule has 2 heterocycles. The molecule has 3 rings (SSSR count). The molecule has 2 aliphatic heterocycles. The van der Waals surface area contributed by atoms with Gasteiger partial charge in [-0.3, -0.25) is 4.79 Å². The molecule has 0 spiro atoms. The first-order chi connectivity index (χ1) is 10.1. The number of rotatable bonds is 1. The molecule has 122 valence electrons. The van der Waals surface area contributed by atoms with Gasteiger partial charge in [-0.15, -0.1) is 12.4 Å². The van der Waals surface area contributed by atoms with E-state index in [2.05, 4.69) is 35.1 Å². The number of fused-ring (bicyclic) bond motifs is 1. The lowest BCUT2D eigenvalue weighted by molar-refractivity contribution is 0.0602.